The van der Waals surface area contributed by atoms with E-state index in [0.717, 1.165) is 53.4 Å². The number of halogens is 3. The molecule has 2 aromatic heterocycles. The van der Waals surface area contributed by atoms with Crippen LogP contribution < -0.4 is 10.6 Å². The van der Waals surface area contributed by atoms with Crippen molar-refractivity contribution in [3.63, 3.8) is 0 Å². The maximum Gasteiger partial charge on any atom is 0.192 e. The van der Waals surface area contributed by atoms with Crippen molar-refractivity contribution in [2.45, 2.75) is 26.3 Å². The number of aryl methyl sites for hydroxylation is 2. The van der Waals surface area contributed by atoms with Crippen LogP contribution in [-0.4, -0.2) is 28.9 Å². The zero-order chi connectivity index (χ0) is 16.1. The first-order chi connectivity index (χ1) is 11.0. The number of aromatic nitrogens is 2. The monoisotopic (exact) mass is 402 g/mol. The normalized spacial score (nSPS) is 16.8. The Hall–Kier alpha value is -1.40. The molecule has 25 heavy (non-hydrogen) atoms. The van der Waals surface area contributed by atoms with Gasteiger partial charge in [0, 0.05) is 35.5 Å². The van der Waals surface area contributed by atoms with E-state index in [9.17, 15) is 0 Å². The predicted octanol–water partition coefficient (Wildman–Crippen LogP) is 4.27. The quantitative estimate of drug-likeness (QED) is 0.694. The first kappa shape index (κ1) is 19.9. The fourth-order valence-electron chi connectivity index (χ4n) is 3.38. The van der Waals surface area contributed by atoms with Gasteiger partial charge in [0.15, 0.2) is 11.4 Å². The maximum absolute atomic E-state index is 6.37. The van der Waals surface area contributed by atoms with Gasteiger partial charge in [0.25, 0.3) is 0 Å². The fraction of sp³-hybridized carbons (Fsp3) is 0.353. The summed E-state index contributed by atoms with van der Waals surface area (Å²) in [5.74, 6) is 0.784. The highest BCUT2D eigenvalue weighted by molar-refractivity contribution is 6.32. The first-order valence-electron chi connectivity index (χ1n) is 7.79. The summed E-state index contributed by atoms with van der Waals surface area (Å²) in [4.78, 5) is 2.23. The molecule has 8 heteroatoms. The molecule has 1 atom stereocenters. The van der Waals surface area contributed by atoms with Gasteiger partial charge in [-0.25, -0.2) is 0 Å². The van der Waals surface area contributed by atoms with Crippen LogP contribution in [-0.2, 0) is 0 Å². The average Bonchev–Trinajstić information content (AvgIpc) is 3.19. The van der Waals surface area contributed by atoms with Crippen LogP contribution >= 0.6 is 36.4 Å². The molecule has 0 aliphatic carbocycles. The molecule has 1 saturated heterocycles. The largest absolute Gasteiger partial charge is 0.367 e. The zero-order valence-corrected chi connectivity index (χ0v) is 16.4. The highest BCUT2D eigenvalue weighted by Gasteiger charge is 2.25. The van der Waals surface area contributed by atoms with Gasteiger partial charge in [-0.15, -0.1) is 24.8 Å². The lowest BCUT2D eigenvalue weighted by atomic mass is 10.2. The van der Waals surface area contributed by atoms with Gasteiger partial charge in [0.1, 0.15) is 0 Å². The van der Waals surface area contributed by atoms with Gasteiger partial charge in [-0.1, -0.05) is 16.8 Å². The van der Waals surface area contributed by atoms with Crippen molar-refractivity contribution >= 4 is 53.1 Å². The molecule has 4 rings (SSSR count). The summed E-state index contributed by atoms with van der Waals surface area (Å²) in [5, 5.41) is 5.93. The number of rotatable bonds is 2. The molecule has 1 aromatic carbocycles. The number of anilines is 1. The number of benzene rings is 1. The van der Waals surface area contributed by atoms with E-state index in [4.69, 9.17) is 21.9 Å². The van der Waals surface area contributed by atoms with Crippen LogP contribution in [0, 0.1) is 13.8 Å². The van der Waals surface area contributed by atoms with Crippen LogP contribution in [0.1, 0.15) is 17.8 Å². The van der Waals surface area contributed by atoms with E-state index in [-0.39, 0.29) is 30.9 Å². The fourth-order valence-corrected chi connectivity index (χ4v) is 3.60. The van der Waals surface area contributed by atoms with Crippen LogP contribution in [0.5, 0.6) is 0 Å². The van der Waals surface area contributed by atoms with Gasteiger partial charge < -0.3 is 15.2 Å². The van der Waals surface area contributed by atoms with Gasteiger partial charge in [0.05, 0.1) is 11.1 Å². The highest BCUT2D eigenvalue weighted by Crippen LogP contribution is 2.36. The standard InChI is InChI=1S/C17H19ClN4O.2ClH/c1-10-3-4-11(2)22(10)17-14-7-12(18)8-15(16(14)23-20-17)21-6-5-13(19)9-21;;/h3-4,7-8,13H,5-6,9,19H2,1-2H3;2*1H. The van der Waals surface area contributed by atoms with E-state index in [1.54, 1.807) is 0 Å². The Balaban J connectivity index is 0.00000113. The maximum atomic E-state index is 6.37. The van der Waals surface area contributed by atoms with Crippen molar-refractivity contribution in [1.82, 2.24) is 9.72 Å². The topological polar surface area (TPSA) is 60.2 Å². The van der Waals surface area contributed by atoms with Gasteiger partial charge in [-0.2, -0.15) is 0 Å². The first-order valence-corrected chi connectivity index (χ1v) is 8.17. The summed E-state index contributed by atoms with van der Waals surface area (Å²) in [6, 6.07) is 8.19. The van der Waals surface area contributed by atoms with E-state index in [2.05, 4.69) is 40.6 Å². The van der Waals surface area contributed by atoms with Crippen molar-refractivity contribution in [2.24, 2.45) is 5.73 Å². The van der Waals surface area contributed by atoms with Crippen molar-refractivity contribution in [3.05, 3.63) is 40.7 Å². The minimum atomic E-state index is 0. The number of fused-ring (bicyclic) bond motifs is 1. The Bertz CT molecular complexity index is 870. The van der Waals surface area contributed by atoms with Gasteiger partial charge in [-0.3, -0.25) is 4.57 Å². The molecule has 1 unspecified atom stereocenters. The molecule has 1 aliphatic rings. The smallest absolute Gasteiger partial charge is 0.192 e. The van der Waals surface area contributed by atoms with Gasteiger partial charge >= 0.3 is 0 Å². The summed E-state index contributed by atoms with van der Waals surface area (Å²) in [6.45, 7) is 5.83. The average molecular weight is 404 g/mol. The molecule has 0 spiro atoms. The number of nitrogens with two attached hydrogens (primary N) is 1. The van der Waals surface area contributed by atoms with Crippen molar-refractivity contribution in [3.8, 4) is 5.82 Å². The van der Waals surface area contributed by atoms with Crippen LogP contribution in [0.2, 0.25) is 5.02 Å². The summed E-state index contributed by atoms with van der Waals surface area (Å²) >= 11 is 6.37. The molecule has 5 nitrogen and oxygen atoms in total. The third-order valence-electron chi connectivity index (χ3n) is 4.55. The molecule has 1 aliphatic heterocycles. The molecular weight excluding hydrogens is 383 g/mol. The lowest BCUT2D eigenvalue weighted by Crippen LogP contribution is -2.26. The minimum Gasteiger partial charge on any atom is -0.367 e. The minimum absolute atomic E-state index is 0. The molecule has 0 radical (unpaired) electrons. The Morgan fingerprint density at radius 1 is 1.20 bits per heavy atom. The second-order valence-corrected chi connectivity index (χ2v) is 6.69. The Kier molecular flexibility index (Phi) is 5.94. The van der Waals surface area contributed by atoms with Crippen molar-refractivity contribution < 1.29 is 4.52 Å². The number of hydrogen-bond donors (Lipinski definition) is 1. The molecule has 0 saturated carbocycles. The third kappa shape index (κ3) is 3.34. The van der Waals surface area contributed by atoms with E-state index in [1.807, 2.05) is 12.1 Å². The number of hydrogen-bond acceptors (Lipinski definition) is 4. The van der Waals surface area contributed by atoms with E-state index >= 15 is 0 Å². The van der Waals surface area contributed by atoms with Crippen LogP contribution in [0.15, 0.2) is 28.8 Å². The van der Waals surface area contributed by atoms with Crippen LogP contribution in [0.4, 0.5) is 5.69 Å². The van der Waals surface area contributed by atoms with Crippen LogP contribution in [0.3, 0.4) is 0 Å². The molecule has 2 N–H and O–H groups in total. The SMILES string of the molecule is Cc1ccc(C)n1-c1noc2c(N3CCC(N)C3)cc(Cl)cc12.Cl.Cl. The molecule has 3 aromatic rings. The molecule has 1 fully saturated rings. The van der Waals surface area contributed by atoms with E-state index in [0.29, 0.717) is 5.02 Å². The lowest BCUT2D eigenvalue weighted by molar-refractivity contribution is 0.451. The lowest BCUT2D eigenvalue weighted by Gasteiger charge is -2.18. The third-order valence-corrected chi connectivity index (χ3v) is 4.76. The Labute approximate surface area is 163 Å². The summed E-state index contributed by atoms with van der Waals surface area (Å²) in [6.07, 6.45) is 0.977. The molecule has 136 valence electrons. The summed E-state index contributed by atoms with van der Waals surface area (Å²) in [7, 11) is 0. The highest BCUT2D eigenvalue weighted by atomic mass is 35.5. The van der Waals surface area contributed by atoms with Gasteiger partial charge in [-0.05, 0) is 44.5 Å². The van der Waals surface area contributed by atoms with Gasteiger partial charge in [0.2, 0.25) is 0 Å². The second-order valence-electron chi connectivity index (χ2n) is 6.25. The predicted molar refractivity (Wildman–Crippen MR) is 107 cm³/mol. The Morgan fingerprint density at radius 2 is 1.88 bits per heavy atom. The second kappa shape index (κ2) is 7.46. The summed E-state index contributed by atoms with van der Waals surface area (Å²) < 4.78 is 7.79. The molecule has 0 bridgehead atoms. The van der Waals surface area contributed by atoms with E-state index < -0.39 is 0 Å². The zero-order valence-electron chi connectivity index (χ0n) is 14.0. The van der Waals surface area contributed by atoms with Crippen LogP contribution in [0.25, 0.3) is 16.8 Å². The Morgan fingerprint density at radius 3 is 2.48 bits per heavy atom. The summed E-state index contributed by atoms with van der Waals surface area (Å²) in [5.41, 5.74) is 10.0. The van der Waals surface area contributed by atoms with E-state index in [1.165, 1.54) is 0 Å². The molecule has 3 heterocycles. The molecular formula is C17H21Cl3N4O. The molecule has 0 amide bonds. The van der Waals surface area contributed by atoms with Crippen molar-refractivity contribution in [1.29, 1.82) is 0 Å². The van der Waals surface area contributed by atoms with Crippen molar-refractivity contribution in [2.75, 3.05) is 18.0 Å². The number of nitrogens with zero attached hydrogens (tertiary/aromatic N) is 3.